The molecular weight excluding hydrogens is 236 g/mol. The zero-order valence-corrected chi connectivity index (χ0v) is 11.1. The molecule has 4 heteroatoms. The van der Waals surface area contributed by atoms with Crippen LogP contribution in [-0.2, 0) is 6.54 Å². The molecule has 1 fully saturated rings. The van der Waals surface area contributed by atoms with Gasteiger partial charge in [0.15, 0.2) is 6.67 Å². The van der Waals surface area contributed by atoms with E-state index in [2.05, 4.69) is 42.2 Å². The molecule has 1 heterocycles. The Hall–Kier alpha value is -0.580. The number of hydrogen-bond acceptors (Lipinski definition) is 2. The van der Waals surface area contributed by atoms with E-state index in [1.54, 1.807) is 16.7 Å². The van der Waals surface area contributed by atoms with Crippen molar-refractivity contribution in [3.8, 4) is 0 Å². The van der Waals surface area contributed by atoms with Crippen LogP contribution < -0.4 is 4.90 Å². The molecule has 2 nitrogen and oxygen atoms in total. The lowest BCUT2D eigenvalue weighted by Gasteiger charge is -2.33. The fourth-order valence-corrected chi connectivity index (χ4v) is 3.01. The van der Waals surface area contributed by atoms with Gasteiger partial charge in [-0.15, -0.1) is 0 Å². The topological polar surface area (TPSA) is 7.68 Å². The van der Waals surface area contributed by atoms with Crippen LogP contribution in [0.4, 0.5) is 0 Å². The lowest BCUT2D eigenvalue weighted by Crippen LogP contribution is -3.14. The summed E-state index contributed by atoms with van der Waals surface area (Å²) in [4.78, 5) is 3.90. The number of hydrogen-bond donors (Lipinski definition) is 1. The quantitative estimate of drug-likeness (QED) is 0.814. The molecule has 0 saturated carbocycles. The molecule has 0 aromatic heterocycles. The van der Waals surface area contributed by atoms with E-state index in [0.717, 1.165) is 23.4 Å². The molecule has 1 aliphatic rings. The van der Waals surface area contributed by atoms with Gasteiger partial charge in [0, 0.05) is 6.54 Å². The number of nitrogens with zero attached hydrogens (tertiary/aromatic N) is 1. The molecule has 0 amide bonds. The average molecular weight is 253 g/mol. The van der Waals surface area contributed by atoms with Gasteiger partial charge in [0.1, 0.15) is 10.2 Å². The highest BCUT2D eigenvalue weighted by Gasteiger charge is 2.23. The molecule has 1 N–H and O–H groups in total. The van der Waals surface area contributed by atoms with E-state index in [1.165, 1.54) is 12.1 Å². The highest BCUT2D eigenvalue weighted by molar-refractivity contribution is 8.22. The summed E-state index contributed by atoms with van der Waals surface area (Å²) in [7, 11) is 0. The fraction of sp³-hybridized carbons (Fsp3) is 0.417. The molecule has 2 rings (SSSR count). The monoisotopic (exact) mass is 253 g/mol. The van der Waals surface area contributed by atoms with Crippen molar-refractivity contribution in [3.05, 3.63) is 35.9 Å². The third-order valence-corrected chi connectivity index (χ3v) is 4.46. The van der Waals surface area contributed by atoms with E-state index in [9.17, 15) is 0 Å². The van der Waals surface area contributed by atoms with Crippen molar-refractivity contribution < 1.29 is 4.90 Å². The number of thiocarbonyl (C=S) groups is 1. The van der Waals surface area contributed by atoms with Gasteiger partial charge in [-0.3, -0.25) is 0 Å². The van der Waals surface area contributed by atoms with Crippen molar-refractivity contribution in [2.75, 3.05) is 19.1 Å². The predicted octanol–water partition coefficient (Wildman–Crippen LogP) is 1.34. The number of nitrogens with one attached hydrogen (secondary N) is 1. The fourth-order valence-electron chi connectivity index (χ4n) is 1.77. The van der Waals surface area contributed by atoms with Gasteiger partial charge in [0.05, 0.1) is 6.54 Å². The number of quaternary nitrogens is 1. The molecular formula is C12H17N2S2+. The van der Waals surface area contributed by atoms with Crippen molar-refractivity contribution in [2.24, 2.45) is 0 Å². The minimum Gasteiger partial charge on any atom is -0.309 e. The third-order valence-electron chi connectivity index (χ3n) is 2.79. The van der Waals surface area contributed by atoms with Crippen LogP contribution in [-0.4, -0.2) is 28.3 Å². The minimum atomic E-state index is 0.941. The van der Waals surface area contributed by atoms with E-state index >= 15 is 0 Å². The first-order chi connectivity index (χ1) is 7.79. The standard InChI is InChI=1S/C12H16N2S2/c1-2-13-9-14(12(15)16-10-13)8-11-6-4-3-5-7-11/h3-7H,2,8-10H2,1H3/p+1. The third kappa shape index (κ3) is 2.97. The minimum absolute atomic E-state index is 0.941. The zero-order chi connectivity index (χ0) is 11.4. The van der Waals surface area contributed by atoms with Crippen molar-refractivity contribution in [2.45, 2.75) is 13.5 Å². The predicted molar refractivity (Wildman–Crippen MR) is 73.4 cm³/mol. The summed E-state index contributed by atoms with van der Waals surface area (Å²) in [6, 6.07) is 10.5. The molecule has 16 heavy (non-hydrogen) atoms. The van der Waals surface area contributed by atoms with Crippen molar-refractivity contribution in [3.63, 3.8) is 0 Å². The first kappa shape index (κ1) is 11.9. The first-order valence-electron chi connectivity index (χ1n) is 5.58. The maximum Gasteiger partial charge on any atom is 0.154 e. The normalized spacial score (nSPS) is 21.2. The maximum atomic E-state index is 5.40. The highest BCUT2D eigenvalue weighted by atomic mass is 32.2. The van der Waals surface area contributed by atoms with E-state index in [1.807, 2.05) is 0 Å². The largest absolute Gasteiger partial charge is 0.309 e. The zero-order valence-electron chi connectivity index (χ0n) is 9.48. The first-order valence-corrected chi connectivity index (χ1v) is 6.98. The van der Waals surface area contributed by atoms with Crippen LogP contribution in [0.5, 0.6) is 0 Å². The Kier molecular flexibility index (Phi) is 4.21. The molecule has 1 aromatic carbocycles. The Bertz CT molecular complexity index is 353. The Morgan fingerprint density at radius 1 is 1.38 bits per heavy atom. The van der Waals surface area contributed by atoms with Crippen molar-refractivity contribution >= 4 is 28.3 Å². The second-order valence-electron chi connectivity index (χ2n) is 4.00. The lowest BCUT2D eigenvalue weighted by atomic mass is 10.2. The number of benzene rings is 1. The van der Waals surface area contributed by atoms with Crippen LogP contribution in [0.25, 0.3) is 0 Å². The summed E-state index contributed by atoms with van der Waals surface area (Å²) in [5.41, 5.74) is 1.34. The Balaban J connectivity index is 2.00. The summed E-state index contributed by atoms with van der Waals surface area (Å²) in [5.74, 6) is 1.11. The van der Waals surface area contributed by atoms with Gasteiger partial charge >= 0.3 is 0 Å². The SMILES string of the molecule is CC[NH+]1CSC(=S)N(Cc2ccccc2)C1. The van der Waals surface area contributed by atoms with Crippen LogP contribution in [0.3, 0.4) is 0 Å². The van der Waals surface area contributed by atoms with Crippen LogP contribution >= 0.6 is 24.0 Å². The molecule has 1 aliphatic heterocycles. The van der Waals surface area contributed by atoms with Gasteiger partial charge in [-0.2, -0.15) is 0 Å². The van der Waals surface area contributed by atoms with Gasteiger partial charge in [-0.1, -0.05) is 42.5 Å². The van der Waals surface area contributed by atoms with Gasteiger partial charge in [0.2, 0.25) is 0 Å². The molecule has 0 spiro atoms. The molecule has 1 unspecified atom stereocenters. The molecule has 86 valence electrons. The number of rotatable bonds is 3. The van der Waals surface area contributed by atoms with E-state index < -0.39 is 0 Å². The summed E-state index contributed by atoms with van der Waals surface area (Å²) in [5, 5.41) is 0. The van der Waals surface area contributed by atoms with E-state index in [4.69, 9.17) is 12.2 Å². The summed E-state index contributed by atoms with van der Waals surface area (Å²) >= 11 is 7.20. The van der Waals surface area contributed by atoms with Gasteiger partial charge < -0.3 is 9.80 Å². The molecule has 1 atom stereocenters. The smallest absolute Gasteiger partial charge is 0.154 e. The van der Waals surface area contributed by atoms with Crippen molar-refractivity contribution in [1.82, 2.24) is 4.90 Å². The lowest BCUT2D eigenvalue weighted by molar-refractivity contribution is -0.895. The highest BCUT2D eigenvalue weighted by Crippen LogP contribution is 2.13. The van der Waals surface area contributed by atoms with Crippen LogP contribution in [0, 0.1) is 0 Å². The molecule has 1 saturated heterocycles. The van der Waals surface area contributed by atoms with Crippen LogP contribution in [0.2, 0.25) is 0 Å². The molecule has 0 aliphatic carbocycles. The van der Waals surface area contributed by atoms with Gasteiger partial charge in [0.25, 0.3) is 0 Å². The second-order valence-corrected chi connectivity index (χ2v) is 5.61. The maximum absolute atomic E-state index is 5.40. The van der Waals surface area contributed by atoms with Gasteiger partial charge in [-0.05, 0) is 24.2 Å². The Labute approximate surface area is 107 Å². The molecule has 1 aromatic rings. The molecule has 0 radical (unpaired) electrons. The number of thioether (sulfide) groups is 1. The molecule has 0 bridgehead atoms. The Morgan fingerprint density at radius 3 is 2.81 bits per heavy atom. The van der Waals surface area contributed by atoms with Crippen LogP contribution in [0.15, 0.2) is 30.3 Å². The van der Waals surface area contributed by atoms with Crippen LogP contribution in [0.1, 0.15) is 12.5 Å². The van der Waals surface area contributed by atoms with E-state index in [-0.39, 0.29) is 0 Å². The summed E-state index contributed by atoms with van der Waals surface area (Å²) < 4.78 is 1.04. The van der Waals surface area contributed by atoms with E-state index in [0.29, 0.717) is 0 Å². The second kappa shape index (κ2) is 5.66. The average Bonchev–Trinajstić information content (AvgIpc) is 2.33. The summed E-state index contributed by atoms with van der Waals surface area (Å²) in [6.45, 7) is 5.37. The van der Waals surface area contributed by atoms with Gasteiger partial charge in [-0.25, -0.2) is 0 Å². The Morgan fingerprint density at radius 2 is 2.12 bits per heavy atom. The van der Waals surface area contributed by atoms with Crippen molar-refractivity contribution in [1.29, 1.82) is 0 Å². The summed E-state index contributed by atoms with van der Waals surface area (Å²) in [6.07, 6.45) is 0.